The molecule has 0 aromatic heterocycles. The van der Waals surface area contributed by atoms with E-state index >= 15 is 0 Å². The van der Waals surface area contributed by atoms with Gasteiger partial charge in [0, 0.05) is 13.1 Å². The highest BCUT2D eigenvalue weighted by molar-refractivity contribution is 7.99. The molecule has 0 aliphatic carbocycles. The Morgan fingerprint density at radius 1 is 1.41 bits per heavy atom. The number of thioether (sulfide) groups is 1. The number of nitrogens with zero attached hydrogens (tertiary/aromatic N) is 1. The van der Waals surface area contributed by atoms with Gasteiger partial charge >= 0.3 is 0 Å². The summed E-state index contributed by atoms with van der Waals surface area (Å²) >= 11 is 1.80. The van der Waals surface area contributed by atoms with Gasteiger partial charge in [-0.3, -0.25) is 4.79 Å². The van der Waals surface area contributed by atoms with E-state index in [2.05, 4.69) is 5.32 Å². The summed E-state index contributed by atoms with van der Waals surface area (Å²) in [7, 11) is 0. The van der Waals surface area contributed by atoms with Crippen LogP contribution in [0.15, 0.2) is 0 Å². The maximum Gasteiger partial charge on any atom is 0.232 e. The van der Waals surface area contributed by atoms with Crippen molar-refractivity contribution < 1.29 is 4.79 Å². The second-order valence-electron chi connectivity index (χ2n) is 4.62. The van der Waals surface area contributed by atoms with E-state index in [0.717, 1.165) is 24.8 Å². The summed E-state index contributed by atoms with van der Waals surface area (Å²) in [5.74, 6) is 2.91. The fraction of sp³-hybridized carbons (Fsp3) is 0.923. The van der Waals surface area contributed by atoms with E-state index in [9.17, 15) is 4.79 Å². The minimum absolute atomic E-state index is 0.293. The quantitative estimate of drug-likeness (QED) is 0.709. The molecule has 0 spiro atoms. The van der Waals surface area contributed by atoms with Gasteiger partial charge < -0.3 is 10.2 Å². The Kier molecular flexibility index (Phi) is 7.69. The van der Waals surface area contributed by atoms with Gasteiger partial charge in [-0.2, -0.15) is 11.8 Å². The molecule has 0 bridgehead atoms. The van der Waals surface area contributed by atoms with Crippen LogP contribution >= 0.6 is 11.8 Å². The number of piperidine rings is 1. The monoisotopic (exact) mass is 258 g/mol. The third-order valence-corrected chi connectivity index (χ3v) is 4.39. The minimum atomic E-state index is 0.293. The summed E-state index contributed by atoms with van der Waals surface area (Å²) in [5.41, 5.74) is 0. The predicted octanol–water partition coefficient (Wildman–Crippen LogP) is 1.98. The second kappa shape index (κ2) is 8.81. The highest BCUT2D eigenvalue weighted by atomic mass is 32.2. The smallest absolute Gasteiger partial charge is 0.232 e. The van der Waals surface area contributed by atoms with E-state index in [4.69, 9.17) is 0 Å². The maximum atomic E-state index is 11.7. The van der Waals surface area contributed by atoms with Crippen LogP contribution in [0.4, 0.5) is 0 Å². The van der Waals surface area contributed by atoms with E-state index < -0.39 is 0 Å². The Balaban J connectivity index is 2.04. The zero-order chi connectivity index (χ0) is 12.5. The molecule has 1 aliphatic heterocycles. The minimum Gasteiger partial charge on any atom is -0.343 e. The summed E-state index contributed by atoms with van der Waals surface area (Å²) in [6.07, 6.45) is 3.93. The molecule has 17 heavy (non-hydrogen) atoms. The van der Waals surface area contributed by atoms with E-state index in [1.165, 1.54) is 32.4 Å². The zero-order valence-corrected chi connectivity index (χ0v) is 12.0. The molecule has 0 radical (unpaired) electrons. The third-order valence-electron chi connectivity index (χ3n) is 3.41. The number of amides is 1. The lowest BCUT2D eigenvalue weighted by Gasteiger charge is -2.22. The van der Waals surface area contributed by atoms with Crippen molar-refractivity contribution >= 4 is 17.7 Å². The zero-order valence-electron chi connectivity index (χ0n) is 11.2. The Hall–Kier alpha value is -0.220. The Bertz CT molecular complexity index is 213. The van der Waals surface area contributed by atoms with Crippen LogP contribution < -0.4 is 5.32 Å². The van der Waals surface area contributed by atoms with Crippen molar-refractivity contribution in [1.82, 2.24) is 10.2 Å². The molecule has 4 heteroatoms. The highest BCUT2D eigenvalue weighted by Gasteiger charge is 2.13. The molecule has 100 valence electrons. The molecular formula is C13H26N2OS. The molecule has 0 aromatic rings. The third kappa shape index (κ3) is 5.77. The summed E-state index contributed by atoms with van der Waals surface area (Å²) in [6, 6.07) is 0. The average Bonchev–Trinajstić information content (AvgIpc) is 2.37. The number of carbonyl (C=O) groups is 1. The van der Waals surface area contributed by atoms with E-state index in [1.807, 2.05) is 18.7 Å². The SMILES string of the molecule is CCN(CC)C(=O)CSCCC1CCCNC1. The van der Waals surface area contributed by atoms with Crippen molar-refractivity contribution in [1.29, 1.82) is 0 Å². The predicted molar refractivity (Wildman–Crippen MR) is 75.5 cm³/mol. The van der Waals surface area contributed by atoms with Gasteiger partial charge in [-0.05, 0) is 57.9 Å². The van der Waals surface area contributed by atoms with E-state index in [-0.39, 0.29) is 0 Å². The van der Waals surface area contributed by atoms with Crippen molar-refractivity contribution in [2.75, 3.05) is 37.7 Å². The van der Waals surface area contributed by atoms with Crippen molar-refractivity contribution in [2.24, 2.45) is 5.92 Å². The normalized spacial score (nSPS) is 20.2. The van der Waals surface area contributed by atoms with Crippen LogP contribution in [-0.2, 0) is 4.79 Å². The van der Waals surface area contributed by atoms with Crippen LogP contribution in [0.2, 0.25) is 0 Å². The summed E-state index contributed by atoms with van der Waals surface area (Å²) < 4.78 is 0. The van der Waals surface area contributed by atoms with Crippen LogP contribution in [0.25, 0.3) is 0 Å². The molecular weight excluding hydrogens is 232 g/mol. The molecule has 1 heterocycles. The first-order chi connectivity index (χ1) is 8.27. The van der Waals surface area contributed by atoms with Gasteiger partial charge in [0.2, 0.25) is 5.91 Å². The summed E-state index contributed by atoms with van der Waals surface area (Å²) in [4.78, 5) is 13.7. The highest BCUT2D eigenvalue weighted by Crippen LogP contribution is 2.17. The second-order valence-corrected chi connectivity index (χ2v) is 5.72. The van der Waals surface area contributed by atoms with Crippen LogP contribution in [0, 0.1) is 5.92 Å². The first-order valence-corrected chi connectivity index (χ1v) is 7.99. The molecule has 1 amide bonds. The molecule has 1 unspecified atom stereocenters. The van der Waals surface area contributed by atoms with Gasteiger partial charge in [-0.15, -0.1) is 0 Å². The lowest BCUT2D eigenvalue weighted by atomic mass is 9.97. The lowest BCUT2D eigenvalue weighted by molar-refractivity contribution is -0.127. The number of carbonyl (C=O) groups excluding carboxylic acids is 1. The van der Waals surface area contributed by atoms with Gasteiger partial charge in [0.05, 0.1) is 5.75 Å². The Morgan fingerprint density at radius 2 is 2.18 bits per heavy atom. The van der Waals surface area contributed by atoms with Crippen molar-refractivity contribution in [3.05, 3.63) is 0 Å². The fourth-order valence-corrected chi connectivity index (χ4v) is 3.25. The van der Waals surface area contributed by atoms with Gasteiger partial charge in [0.25, 0.3) is 0 Å². The molecule has 0 aromatic carbocycles. The number of nitrogens with one attached hydrogen (secondary N) is 1. The number of hydrogen-bond donors (Lipinski definition) is 1. The van der Waals surface area contributed by atoms with E-state index in [1.54, 1.807) is 11.8 Å². The maximum absolute atomic E-state index is 11.7. The number of rotatable bonds is 7. The van der Waals surface area contributed by atoms with Crippen molar-refractivity contribution in [2.45, 2.75) is 33.1 Å². The molecule has 1 aliphatic rings. The molecule has 1 fully saturated rings. The Labute approximate surface area is 110 Å². The standard InChI is InChI=1S/C13H26N2OS/c1-3-15(4-2)13(16)11-17-9-7-12-6-5-8-14-10-12/h12,14H,3-11H2,1-2H3. The largest absolute Gasteiger partial charge is 0.343 e. The van der Waals surface area contributed by atoms with Gasteiger partial charge in [-0.1, -0.05) is 0 Å². The lowest BCUT2D eigenvalue weighted by Crippen LogP contribution is -2.32. The van der Waals surface area contributed by atoms with Gasteiger partial charge in [0.1, 0.15) is 0 Å². The molecule has 0 saturated carbocycles. The van der Waals surface area contributed by atoms with Gasteiger partial charge in [0.15, 0.2) is 0 Å². The van der Waals surface area contributed by atoms with Crippen LogP contribution in [0.1, 0.15) is 33.1 Å². The Morgan fingerprint density at radius 3 is 2.76 bits per heavy atom. The summed E-state index contributed by atoms with van der Waals surface area (Å²) in [6.45, 7) is 8.11. The van der Waals surface area contributed by atoms with Gasteiger partial charge in [-0.25, -0.2) is 0 Å². The van der Waals surface area contributed by atoms with Crippen LogP contribution in [0.3, 0.4) is 0 Å². The molecule has 1 N–H and O–H groups in total. The molecule has 1 rings (SSSR count). The van der Waals surface area contributed by atoms with E-state index in [0.29, 0.717) is 11.7 Å². The summed E-state index contributed by atoms with van der Waals surface area (Å²) in [5, 5.41) is 3.44. The van der Waals surface area contributed by atoms with Crippen LogP contribution in [0.5, 0.6) is 0 Å². The first kappa shape index (κ1) is 14.8. The first-order valence-electron chi connectivity index (χ1n) is 6.84. The molecule has 1 saturated heterocycles. The van der Waals surface area contributed by atoms with Crippen LogP contribution in [-0.4, -0.2) is 48.5 Å². The molecule has 1 atom stereocenters. The van der Waals surface area contributed by atoms with Crippen molar-refractivity contribution in [3.63, 3.8) is 0 Å². The van der Waals surface area contributed by atoms with Crippen molar-refractivity contribution in [3.8, 4) is 0 Å². The molecule has 3 nitrogen and oxygen atoms in total. The average molecular weight is 258 g/mol. The topological polar surface area (TPSA) is 32.3 Å². The number of hydrogen-bond acceptors (Lipinski definition) is 3. The fourth-order valence-electron chi connectivity index (χ4n) is 2.25.